The maximum atomic E-state index is 5.34. The molecule has 0 heterocycles. The molecule has 2 aromatic rings. The van der Waals surface area contributed by atoms with E-state index in [-0.39, 0.29) is 0 Å². The van der Waals surface area contributed by atoms with Crippen molar-refractivity contribution in [3.05, 3.63) is 53.1 Å². The Hall–Kier alpha value is -2.29. The molecule has 0 aromatic heterocycles. The van der Waals surface area contributed by atoms with E-state index in [2.05, 4.69) is 31.0 Å². The first kappa shape index (κ1) is 16.1. The highest BCUT2D eigenvalue weighted by Crippen LogP contribution is 2.29. The van der Waals surface area contributed by atoms with Crippen LogP contribution in [0.25, 0.3) is 0 Å². The standard InChI is InChI=1S/C19H23NO2/c1-13(2)15-6-8-17(9-7-15)20-12-16-11-19(22-5)18(21-4)10-14(16)3/h6-13H,1-5H3. The molecule has 3 nitrogen and oxygen atoms in total. The molecule has 0 aliphatic heterocycles. The third-order valence-corrected chi connectivity index (χ3v) is 3.68. The van der Waals surface area contributed by atoms with E-state index in [0.29, 0.717) is 11.7 Å². The predicted octanol–water partition coefficient (Wildman–Crippen LogP) is 4.89. The molecular formula is C19H23NO2. The van der Waals surface area contributed by atoms with Crippen LogP contribution in [0.4, 0.5) is 5.69 Å². The number of aryl methyl sites for hydroxylation is 1. The molecule has 2 rings (SSSR count). The maximum Gasteiger partial charge on any atom is 0.161 e. The highest BCUT2D eigenvalue weighted by Gasteiger charge is 2.07. The zero-order valence-electron chi connectivity index (χ0n) is 13.9. The molecule has 0 fully saturated rings. The van der Waals surface area contributed by atoms with Crippen LogP contribution in [-0.4, -0.2) is 20.4 Å². The van der Waals surface area contributed by atoms with Gasteiger partial charge in [0.05, 0.1) is 19.9 Å². The van der Waals surface area contributed by atoms with Gasteiger partial charge in [-0.2, -0.15) is 0 Å². The fraction of sp³-hybridized carbons (Fsp3) is 0.316. The van der Waals surface area contributed by atoms with Gasteiger partial charge < -0.3 is 9.47 Å². The average molecular weight is 297 g/mol. The highest BCUT2D eigenvalue weighted by atomic mass is 16.5. The molecule has 0 atom stereocenters. The Morgan fingerprint density at radius 1 is 0.955 bits per heavy atom. The largest absolute Gasteiger partial charge is 0.493 e. The maximum absolute atomic E-state index is 5.34. The Morgan fingerprint density at radius 3 is 2.09 bits per heavy atom. The molecule has 0 unspecified atom stereocenters. The van der Waals surface area contributed by atoms with E-state index < -0.39 is 0 Å². The van der Waals surface area contributed by atoms with E-state index in [4.69, 9.17) is 9.47 Å². The van der Waals surface area contributed by atoms with Crippen molar-refractivity contribution in [3.8, 4) is 11.5 Å². The van der Waals surface area contributed by atoms with Crippen LogP contribution in [0.1, 0.15) is 36.5 Å². The molecule has 0 radical (unpaired) electrons. The molecule has 2 aromatic carbocycles. The zero-order valence-corrected chi connectivity index (χ0v) is 13.9. The van der Waals surface area contributed by atoms with Crippen molar-refractivity contribution in [1.29, 1.82) is 0 Å². The number of benzene rings is 2. The minimum atomic E-state index is 0.533. The molecule has 0 N–H and O–H groups in total. The van der Waals surface area contributed by atoms with Gasteiger partial charge in [0.1, 0.15) is 0 Å². The van der Waals surface area contributed by atoms with Crippen molar-refractivity contribution in [1.82, 2.24) is 0 Å². The van der Waals surface area contributed by atoms with Crippen LogP contribution in [0.3, 0.4) is 0 Å². The molecule has 0 saturated carbocycles. The number of aliphatic imine (C=N–C) groups is 1. The van der Waals surface area contributed by atoms with Gasteiger partial charge in [-0.25, -0.2) is 0 Å². The molecule has 0 aliphatic carbocycles. The third-order valence-electron chi connectivity index (χ3n) is 3.68. The van der Waals surface area contributed by atoms with E-state index in [0.717, 1.165) is 22.6 Å². The SMILES string of the molecule is COc1cc(C)c(C=Nc2ccc(C(C)C)cc2)cc1OC. The van der Waals surface area contributed by atoms with Crippen LogP contribution in [0.2, 0.25) is 0 Å². The first-order valence-electron chi connectivity index (χ1n) is 7.41. The van der Waals surface area contributed by atoms with E-state index in [9.17, 15) is 0 Å². The lowest BCUT2D eigenvalue weighted by Crippen LogP contribution is -1.95. The number of hydrogen-bond donors (Lipinski definition) is 0. The van der Waals surface area contributed by atoms with E-state index in [1.807, 2.05) is 37.4 Å². The summed E-state index contributed by atoms with van der Waals surface area (Å²) >= 11 is 0. The summed E-state index contributed by atoms with van der Waals surface area (Å²) in [6.07, 6.45) is 1.86. The minimum Gasteiger partial charge on any atom is -0.493 e. The summed E-state index contributed by atoms with van der Waals surface area (Å²) in [4.78, 5) is 4.55. The van der Waals surface area contributed by atoms with Gasteiger partial charge >= 0.3 is 0 Å². The first-order chi connectivity index (χ1) is 10.5. The number of methoxy groups -OCH3 is 2. The molecular weight excluding hydrogens is 274 g/mol. The van der Waals surface area contributed by atoms with Crippen LogP contribution in [0, 0.1) is 6.92 Å². The summed E-state index contributed by atoms with van der Waals surface area (Å²) in [5.41, 5.74) is 4.38. The lowest BCUT2D eigenvalue weighted by atomic mass is 10.0. The molecule has 3 heteroatoms. The molecule has 0 spiro atoms. The second-order valence-corrected chi connectivity index (χ2v) is 5.57. The lowest BCUT2D eigenvalue weighted by molar-refractivity contribution is 0.354. The molecule has 0 amide bonds. The van der Waals surface area contributed by atoms with Gasteiger partial charge in [-0.05, 0) is 53.8 Å². The fourth-order valence-corrected chi connectivity index (χ4v) is 2.22. The van der Waals surface area contributed by atoms with E-state index >= 15 is 0 Å². The second kappa shape index (κ2) is 7.12. The topological polar surface area (TPSA) is 30.8 Å². The number of nitrogens with zero attached hydrogens (tertiary/aromatic N) is 1. The molecule has 0 bridgehead atoms. The van der Waals surface area contributed by atoms with Crippen LogP contribution in [0.15, 0.2) is 41.4 Å². The summed E-state index contributed by atoms with van der Waals surface area (Å²) in [7, 11) is 3.28. The number of hydrogen-bond acceptors (Lipinski definition) is 3. The molecule has 22 heavy (non-hydrogen) atoms. The summed E-state index contributed by atoms with van der Waals surface area (Å²) in [6, 6.07) is 12.2. The Morgan fingerprint density at radius 2 is 1.55 bits per heavy atom. The quantitative estimate of drug-likeness (QED) is 0.736. The van der Waals surface area contributed by atoms with Crippen LogP contribution in [0.5, 0.6) is 11.5 Å². The van der Waals surface area contributed by atoms with Crippen molar-refractivity contribution in [2.24, 2.45) is 4.99 Å². The van der Waals surface area contributed by atoms with Crippen molar-refractivity contribution in [3.63, 3.8) is 0 Å². The number of rotatable bonds is 5. The van der Waals surface area contributed by atoms with E-state index in [1.165, 1.54) is 5.56 Å². The Bertz CT molecular complexity index is 658. The van der Waals surface area contributed by atoms with Crippen molar-refractivity contribution in [2.45, 2.75) is 26.7 Å². The summed E-state index contributed by atoms with van der Waals surface area (Å²) in [5.74, 6) is 1.98. The average Bonchev–Trinajstić information content (AvgIpc) is 2.53. The van der Waals surface area contributed by atoms with Gasteiger partial charge in [0.25, 0.3) is 0 Å². The Balaban J connectivity index is 2.26. The van der Waals surface area contributed by atoms with Gasteiger partial charge in [-0.3, -0.25) is 4.99 Å². The monoisotopic (exact) mass is 297 g/mol. The predicted molar refractivity (Wildman–Crippen MR) is 92.1 cm³/mol. The minimum absolute atomic E-state index is 0.533. The second-order valence-electron chi connectivity index (χ2n) is 5.57. The lowest BCUT2D eigenvalue weighted by Gasteiger charge is -2.10. The first-order valence-corrected chi connectivity index (χ1v) is 7.41. The summed E-state index contributed by atoms with van der Waals surface area (Å²) in [5, 5.41) is 0. The van der Waals surface area contributed by atoms with E-state index in [1.54, 1.807) is 14.2 Å². The zero-order chi connectivity index (χ0) is 16.1. The molecule has 116 valence electrons. The fourth-order valence-electron chi connectivity index (χ4n) is 2.22. The van der Waals surface area contributed by atoms with Gasteiger partial charge in [-0.1, -0.05) is 26.0 Å². The van der Waals surface area contributed by atoms with Crippen LogP contribution < -0.4 is 9.47 Å². The van der Waals surface area contributed by atoms with Gasteiger partial charge in [0.2, 0.25) is 0 Å². The smallest absolute Gasteiger partial charge is 0.161 e. The van der Waals surface area contributed by atoms with Crippen molar-refractivity contribution in [2.75, 3.05) is 14.2 Å². The van der Waals surface area contributed by atoms with Gasteiger partial charge in [0.15, 0.2) is 11.5 Å². The normalized spacial score (nSPS) is 11.2. The molecule has 0 aliphatic rings. The van der Waals surface area contributed by atoms with Crippen molar-refractivity contribution >= 4 is 11.9 Å². The van der Waals surface area contributed by atoms with Crippen molar-refractivity contribution < 1.29 is 9.47 Å². The molecule has 0 saturated heterocycles. The Kier molecular flexibility index (Phi) is 5.21. The number of ether oxygens (including phenoxy) is 2. The summed E-state index contributed by atoms with van der Waals surface area (Å²) < 4.78 is 10.6. The van der Waals surface area contributed by atoms with Crippen LogP contribution in [-0.2, 0) is 0 Å². The van der Waals surface area contributed by atoms with Crippen LogP contribution >= 0.6 is 0 Å². The highest BCUT2D eigenvalue weighted by molar-refractivity contribution is 5.85. The Labute approximate surface area is 132 Å². The van der Waals surface area contributed by atoms with Gasteiger partial charge in [-0.15, -0.1) is 0 Å². The van der Waals surface area contributed by atoms with Gasteiger partial charge in [0, 0.05) is 6.21 Å². The summed E-state index contributed by atoms with van der Waals surface area (Å²) in [6.45, 7) is 6.40. The third kappa shape index (κ3) is 3.67.